The van der Waals surface area contributed by atoms with Gasteiger partial charge in [0, 0.05) is 17.6 Å². The topological polar surface area (TPSA) is 105 Å². The number of fused-ring (bicyclic) bond motifs is 1. The number of nitrogens with one attached hydrogen (secondary N) is 1. The van der Waals surface area contributed by atoms with Crippen molar-refractivity contribution in [3.8, 4) is 0 Å². The quantitative estimate of drug-likeness (QED) is 0.500. The number of aromatic nitrogens is 1. The van der Waals surface area contributed by atoms with Gasteiger partial charge in [-0.1, -0.05) is 0 Å². The van der Waals surface area contributed by atoms with Gasteiger partial charge in [0.05, 0.1) is 14.8 Å². The highest BCUT2D eigenvalue weighted by Crippen LogP contribution is 2.34. The highest BCUT2D eigenvalue weighted by Gasteiger charge is 2.21. The number of aryl methyl sites for hydroxylation is 1. The van der Waals surface area contributed by atoms with E-state index in [1.165, 1.54) is 17.7 Å². The van der Waals surface area contributed by atoms with E-state index in [2.05, 4.69) is 20.9 Å². The van der Waals surface area contributed by atoms with Gasteiger partial charge in [-0.15, -0.1) is 0 Å². The Morgan fingerprint density at radius 3 is 2.79 bits per heavy atom. The summed E-state index contributed by atoms with van der Waals surface area (Å²) in [5.74, 6) is -0.822. The number of rotatable bonds is 2. The van der Waals surface area contributed by atoms with E-state index in [4.69, 9.17) is 5.21 Å². The van der Waals surface area contributed by atoms with E-state index in [1.54, 1.807) is 13.0 Å². The second-order valence-electron chi connectivity index (χ2n) is 3.86. The van der Waals surface area contributed by atoms with Gasteiger partial charge in [-0.25, -0.2) is 10.5 Å². The van der Waals surface area contributed by atoms with E-state index in [9.17, 15) is 14.9 Å². The summed E-state index contributed by atoms with van der Waals surface area (Å²) in [5, 5.41) is 20.3. The number of pyridine rings is 1. The molecule has 1 amide bonds. The summed E-state index contributed by atoms with van der Waals surface area (Å²) >= 11 is 3.18. The zero-order chi connectivity index (χ0) is 14.2. The fraction of sp³-hybridized carbons (Fsp3) is 0.0909. The maximum absolute atomic E-state index is 11.5. The standard InChI is InChI=1S/C11H8BrN3O4/c1-5-2-6-9(8(3-5)15(18)19)7(12)4-13-10(6)11(16)14-17/h2-4,17H,1H3,(H,14,16). The smallest absolute Gasteiger partial charge is 0.288 e. The van der Waals surface area contributed by atoms with E-state index in [0.29, 0.717) is 15.4 Å². The van der Waals surface area contributed by atoms with Crippen molar-refractivity contribution in [3.05, 3.63) is 44.2 Å². The maximum Gasteiger partial charge on any atom is 0.293 e. The Bertz CT molecular complexity index is 702. The van der Waals surface area contributed by atoms with E-state index in [1.807, 2.05) is 0 Å². The molecule has 2 N–H and O–H groups in total. The first-order valence-electron chi connectivity index (χ1n) is 5.13. The van der Waals surface area contributed by atoms with E-state index in [0.717, 1.165) is 0 Å². The van der Waals surface area contributed by atoms with Gasteiger partial charge in [0.1, 0.15) is 5.69 Å². The lowest BCUT2D eigenvalue weighted by Crippen LogP contribution is -2.20. The van der Waals surface area contributed by atoms with Crippen molar-refractivity contribution < 1.29 is 14.9 Å². The van der Waals surface area contributed by atoms with E-state index in [-0.39, 0.29) is 16.8 Å². The molecule has 0 aliphatic carbocycles. The van der Waals surface area contributed by atoms with Gasteiger partial charge in [-0.05, 0) is 34.5 Å². The van der Waals surface area contributed by atoms with Crippen LogP contribution >= 0.6 is 15.9 Å². The molecule has 1 heterocycles. The first-order chi connectivity index (χ1) is 8.95. The molecular formula is C11H8BrN3O4. The van der Waals surface area contributed by atoms with Gasteiger partial charge < -0.3 is 0 Å². The van der Waals surface area contributed by atoms with Crippen LogP contribution in [0.1, 0.15) is 16.1 Å². The molecule has 1 aromatic heterocycles. The number of hydrogen-bond acceptors (Lipinski definition) is 5. The van der Waals surface area contributed by atoms with Gasteiger partial charge in [-0.2, -0.15) is 0 Å². The van der Waals surface area contributed by atoms with Gasteiger partial charge in [0.25, 0.3) is 11.6 Å². The first kappa shape index (κ1) is 13.4. The van der Waals surface area contributed by atoms with E-state index < -0.39 is 10.8 Å². The largest absolute Gasteiger partial charge is 0.293 e. The zero-order valence-corrected chi connectivity index (χ0v) is 11.3. The molecule has 0 unspecified atom stereocenters. The van der Waals surface area contributed by atoms with Crippen LogP contribution < -0.4 is 5.48 Å². The van der Waals surface area contributed by atoms with Gasteiger partial charge in [0.15, 0.2) is 0 Å². The number of nitro groups is 1. The van der Waals surface area contributed by atoms with Crippen LogP contribution in [-0.2, 0) is 0 Å². The Balaban J connectivity index is 2.94. The van der Waals surface area contributed by atoms with Crippen molar-refractivity contribution in [2.24, 2.45) is 0 Å². The highest BCUT2D eigenvalue weighted by atomic mass is 79.9. The lowest BCUT2D eigenvalue weighted by molar-refractivity contribution is -0.383. The minimum absolute atomic E-state index is 0.0764. The number of benzene rings is 1. The van der Waals surface area contributed by atoms with Crippen LogP contribution in [0.5, 0.6) is 0 Å². The number of amides is 1. The van der Waals surface area contributed by atoms with Crippen LogP contribution in [0.3, 0.4) is 0 Å². The summed E-state index contributed by atoms with van der Waals surface area (Å²) in [6, 6.07) is 3.01. The molecule has 1 aromatic carbocycles. The summed E-state index contributed by atoms with van der Waals surface area (Å²) in [7, 11) is 0. The van der Waals surface area contributed by atoms with Gasteiger partial charge >= 0.3 is 0 Å². The molecule has 0 aliphatic heterocycles. The third-order valence-corrected chi connectivity index (χ3v) is 3.18. The van der Waals surface area contributed by atoms with Crippen molar-refractivity contribution in [3.63, 3.8) is 0 Å². The number of halogens is 1. The van der Waals surface area contributed by atoms with Crippen LogP contribution in [0.2, 0.25) is 0 Å². The second kappa shape index (κ2) is 4.90. The number of carbonyl (C=O) groups is 1. The predicted octanol–water partition coefficient (Wildman–Crippen LogP) is 2.33. The summed E-state index contributed by atoms with van der Waals surface area (Å²) in [6.45, 7) is 1.67. The lowest BCUT2D eigenvalue weighted by Gasteiger charge is -2.07. The zero-order valence-electron chi connectivity index (χ0n) is 9.68. The van der Waals surface area contributed by atoms with Crippen molar-refractivity contribution in [1.29, 1.82) is 0 Å². The molecule has 0 atom stereocenters. The van der Waals surface area contributed by atoms with Crippen molar-refractivity contribution in [2.75, 3.05) is 0 Å². The van der Waals surface area contributed by atoms with Crippen molar-refractivity contribution in [2.45, 2.75) is 6.92 Å². The number of carbonyl (C=O) groups excluding carboxylic acids is 1. The molecule has 0 fully saturated rings. The first-order valence-corrected chi connectivity index (χ1v) is 5.92. The Hall–Kier alpha value is -2.06. The molecule has 98 valence electrons. The SMILES string of the molecule is Cc1cc([N+](=O)[O-])c2c(Br)cnc(C(=O)NO)c2c1. The van der Waals surface area contributed by atoms with E-state index >= 15 is 0 Å². The fourth-order valence-electron chi connectivity index (χ4n) is 1.84. The summed E-state index contributed by atoms with van der Waals surface area (Å²) in [6.07, 6.45) is 1.29. The summed E-state index contributed by atoms with van der Waals surface area (Å²) < 4.78 is 0.406. The molecule has 7 nitrogen and oxygen atoms in total. The Morgan fingerprint density at radius 2 is 2.21 bits per heavy atom. The Kier molecular flexibility index (Phi) is 3.45. The molecule has 0 saturated heterocycles. The summed E-state index contributed by atoms with van der Waals surface area (Å²) in [4.78, 5) is 26.0. The normalized spacial score (nSPS) is 10.5. The van der Waals surface area contributed by atoms with Crippen LogP contribution in [0.4, 0.5) is 5.69 Å². The monoisotopic (exact) mass is 325 g/mol. The third kappa shape index (κ3) is 2.27. The molecule has 2 rings (SSSR count). The lowest BCUT2D eigenvalue weighted by atomic mass is 10.0. The van der Waals surface area contributed by atoms with Crippen LogP contribution in [0, 0.1) is 17.0 Å². The minimum Gasteiger partial charge on any atom is -0.288 e. The van der Waals surface area contributed by atoms with Crippen LogP contribution in [0.25, 0.3) is 10.8 Å². The molecule has 0 bridgehead atoms. The number of non-ortho nitro benzene ring substituents is 1. The number of hydrogen-bond donors (Lipinski definition) is 2. The maximum atomic E-state index is 11.5. The van der Waals surface area contributed by atoms with Crippen molar-refractivity contribution >= 4 is 38.3 Å². The van der Waals surface area contributed by atoms with Crippen LogP contribution in [0.15, 0.2) is 22.8 Å². The second-order valence-corrected chi connectivity index (χ2v) is 4.71. The molecule has 0 aliphatic rings. The number of nitro benzene ring substituents is 1. The highest BCUT2D eigenvalue weighted by molar-refractivity contribution is 9.10. The van der Waals surface area contributed by atoms with Crippen molar-refractivity contribution in [1.82, 2.24) is 10.5 Å². The molecule has 2 aromatic rings. The van der Waals surface area contributed by atoms with Crippen LogP contribution in [-0.4, -0.2) is 21.0 Å². The summed E-state index contributed by atoms with van der Waals surface area (Å²) in [5.41, 5.74) is 1.89. The average Bonchev–Trinajstić information content (AvgIpc) is 2.37. The number of hydroxylamine groups is 1. The predicted molar refractivity (Wildman–Crippen MR) is 70.1 cm³/mol. The molecule has 0 spiro atoms. The molecule has 8 heteroatoms. The Labute approximate surface area is 115 Å². The minimum atomic E-state index is -0.822. The molecule has 0 saturated carbocycles. The van der Waals surface area contributed by atoms with Gasteiger partial charge in [-0.3, -0.25) is 20.1 Å². The average molecular weight is 326 g/mol. The molecule has 19 heavy (non-hydrogen) atoms. The number of nitrogens with zero attached hydrogens (tertiary/aromatic N) is 2. The Morgan fingerprint density at radius 1 is 1.53 bits per heavy atom. The van der Waals surface area contributed by atoms with Gasteiger partial charge in [0.2, 0.25) is 0 Å². The third-order valence-electron chi connectivity index (χ3n) is 2.58. The molecular weight excluding hydrogens is 318 g/mol. The fourth-order valence-corrected chi connectivity index (χ4v) is 2.36. The molecule has 0 radical (unpaired) electrons.